The van der Waals surface area contributed by atoms with E-state index < -0.39 is 0 Å². The van der Waals surface area contributed by atoms with Crippen LogP contribution in [0.1, 0.15) is 24.5 Å². The Morgan fingerprint density at radius 1 is 1.35 bits per heavy atom. The molecule has 1 aromatic carbocycles. The van der Waals surface area contributed by atoms with Gasteiger partial charge in [0.2, 0.25) is 11.9 Å². The van der Waals surface area contributed by atoms with Crippen molar-refractivity contribution in [2.24, 2.45) is 0 Å². The number of hydrogen-bond acceptors (Lipinski definition) is 5. The molecule has 0 saturated carbocycles. The van der Waals surface area contributed by atoms with Crippen molar-refractivity contribution in [2.75, 3.05) is 11.1 Å². The lowest BCUT2D eigenvalue weighted by Gasteiger charge is -2.14. The predicted molar refractivity (Wildman–Crippen MR) is 76.8 cm³/mol. The van der Waals surface area contributed by atoms with Gasteiger partial charge in [0.25, 0.3) is 0 Å². The molecule has 106 valence electrons. The SMILES string of the molecule is Cc1ccc(CCC(C)Nc2ncnc(N)n2)c(F)c1. The van der Waals surface area contributed by atoms with Gasteiger partial charge in [-0.2, -0.15) is 4.98 Å². The fraction of sp³-hybridized carbons (Fsp3) is 0.357. The van der Waals surface area contributed by atoms with Crippen molar-refractivity contribution in [2.45, 2.75) is 32.7 Å². The molecule has 0 aliphatic rings. The van der Waals surface area contributed by atoms with Gasteiger partial charge in [-0.15, -0.1) is 0 Å². The van der Waals surface area contributed by atoms with Crippen molar-refractivity contribution in [3.8, 4) is 0 Å². The molecule has 0 spiro atoms. The standard InChI is InChI=1S/C14H18FN5/c1-9-3-5-11(12(15)7-9)6-4-10(2)19-14-18-8-17-13(16)20-14/h3,5,7-8,10H,4,6H2,1-2H3,(H3,16,17,18,19,20). The Bertz CT molecular complexity index is 588. The van der Waals surface area contributed by atoms with Crippen LogP contribution in [-0.4, -0.2) is 21.0 Å². The fourth-order valence-corrected chi connectivity index (χ4v) is 1.90. The van der Waals surface area contributed by atoms with Crippen LogP contribution in [0.4, 0.5) is 16.3 Å². The lowest BCUT2D eigenvalue weighted by Crippen LogP contribution is -2.18. The number of benzene rings is 1. The summed E-state index contributed by atoms with van der Waals surface area (Å²) in [6.45, 7) is 3.87. The van der Waals surface area contributed by atoms with E-state index in [2.05, 4.69) is 20.3 Å². The second kappa shape index (κ2) is 6.27. The second-order valence-corrected chi connectivity index (χ2v) is 4.85. The van der Waals surface area contributed by atoms with E-state index in [1.54, 1.807) is 6.07 Å². The maximum Gasteiger partial charge on any atom is 0.227 e. The Balaban J connectivity index is 1.90. The molecule has 1 aromatic heterocycles. The van der Waals surface area contributed by atoms with Crippen LogP contribution < -0.4 is 11.1 Å². The smallest absolute Gasteiger partial charge is 0.227 e. The van der Waals surface area contributed by atoms with E-state index in [0.29, 0.717) is 12.4 Å². The van der Waals surface area contributed by atoms with Crippen LogP contribution in [0.25, 0.3) is 0 Å². The van der Waals surface area contributed by atoms with Crippen molar-refractivity contribution in [3.63, 3.8) is 0 Å². The van der Waals surface area contributed by atoms with E-state index in [-0.39, 0.29) is 17.8 Å². The minimum absolute atomic E-state index is 0.109. The molecule has 1 unspecified atom stereocenters. The van der Waals surface area contributed by atoms with E-state index in [9.17, 15) is 4.39 Å². The molecule has 1 atom stereocenters. The molecule has 2 aromatic rings. The normalized spacial score (nSPS) is 12.2. The summed E-state index contributed by atoms with van der Waals surface area (Å²) in [6, 6.07) is 5.42. The summed E-state index contributed by atoms with van der Waals surface area (Å²) in [7, 11) is 0. The number of aryl methyl sites for hydroxylation is 2. The molecule has 0 bridgehead atoms. The Kier molecular flexibility index (Phi) is 4.45. The Morgan fingerprint density at radius 3 is 2.85 bits per heavy atom. The molecular formula is C14H18FN5. The highest BCUT2D eigenvalue weighted by Gasteiger charge is 2.08. The van der Waals surface area contributed by atoms with Crippen LogP contribution in [-0.2, 0) is 6.42 Å². The highest BCUT2D eigenvalue weighted by molar-refractivity contribution is 5.30. The third kappa shape index (κ3) is 3.88. The van der Waals surface area contributed by atoms with Gasteiger partial charge >= 0.3 is 0 Å². The monoisotopic (exact) mass is 275 g/mol. The lowest BCUT2D eigenvalue weighted by atomic mass is 10.0. The average Bonchev–Trinajstić information content (AvgIpc) is 2.37. The van der Waals surface area contributed by atoms with Crippen LogP contribution in [0.2, 0.25) is 0 Å². The van der Waals surface area contributed by atoms with E-state index in [1.807, 2.05) is 26.0 Å². The van der Waals surface area contributed by atoms with Crippen LogP contribution >= 0.6 is 0 Å². The summed E-state index contributed by atoms with van der Waals surface area (Å²) in [5.74, 6) is 0.468. The fourth-order valence-electron chi connectivity index (χ4n) is 1.90. The highest BCUT2D eigenvalue weighted by Crippen LogP contribution is 2.14. The molecule has 1 heterocycles. The molecule has 0 fully saturated rings. The van der Waals surface area contributed by atoms with Gasteiger partial charge in [-0.25, -0.2) is 14.4 Å². The molecule has 0 saturated heterocycles. The third-order valence-electron chi connectivity index (χ3n) is 3.02. The average molecular weight is 275 g/mol. The maximum atomic E-state index is 13.7. The number of rotatable bonds is 5. The summed E-state index contributed by atoms with van der Waals surface area (Å²) >= 11 is 0. The second-order valence-electron chi connectivity index (χ2n) is 4.85. The maximum absolute atomic E-state index is 13.7. The number of halogens is 1. The first kappa shape index (κ1) is 14.2. The molecule has 6 heteroatoms. The number of nitrogens with zero attached hydrogens (tertiary/aromatic N) is 3. The summed E-state index contributed by atoms with van der Waals surface area (Å²) in [4.78, 5) is 11.7. The van der Waals surface area contributed by atoms with E-state index >= 15 is 0 Å². The predicted octanol–water partition coefficient (Wildman–Crippen LogP) is 2.33. The molecular weight excluding hydrogens is 257 g/mol. The van der Waals surface area contributed by atoms with E-state index in [4.69, 9.17) is 5.73 Å². The first-order valence-electron chi connectivity index (χ1n) is 6.50. The third-order valence-corrected chi connectivity index (χ3v) is 3.02. The summed E-state index contributed by atoms with van der Waals surface area (Å²) in [5.41, 5.74) is 7.13. The Hall–Kier alpha value is -2.24. The van der Waals surface area contributed by atoms with Crippen LogP contribution in [0, 0.1) is 12.7 Å². The number of anilines is 2. The zero-order valence-corrected chi connectivity index (χ0v) is 11.6. The van der Waals surface area contributed by atoms with Gasteiger partial charge in [0.05, 0.1) is 0 Å². The molecule has 0 radical (unpaired) electrons. The summed E-state index contributed by atoms with van der Waals surface area (Å²) < 4.78 is 13.7. The first-order valence-corrected chi connectivity index (χ1v) is 6.50. The largest absolute Gasteiger partial charge is 0.368 e. The van der Waals surface area contributed by atoms with Gasteiger partial charge in [-0.1, -0.05) is 12.1 Å². The van der Waals surface area contributed by atoms with Crippen molar-refractivity contribution >= 4 is 11.9 Å². The van der Waals surface area contributed by atoms with E-state index in [1.165, 1.54) is 6.33 Å². The molecule has 0 aliphatic heterocycles. The number of nitrogens with one attached hydrogen (secondary N) is 1. The number of nitrogen functional groups attached to an aromatic ring is 1. The number of aromatic nitrogens is 3. The van der Waals surface area contributed by atoms with Crippen LogP contribution in [0.15, 0.2) is 24.5 Å². The van der Waals surface area contributed by atoms with Gasteiger partial charge in [0.1, 0.15) is 12.1 Å². The topological polar surface area (TPSA) is 76.7 Å². The molecule has 0 amide bonds. The number of hydrogen-bond donors (Lipinski definition) is 2. The van der Waals surface area contributed by atoms with Crippen LogP contribution in [0.5, 0.6) is 0 Å². The molecule has 3 N–H and O–H groups in total. The van der Waals surface area contributed by atoms with E-state index in [0.717, 1.165) is 17.5 Å². The highest BCUT2D eigenvalue weighted by atomic mass is 19.1. The minimum Gasteiger partial charge on any atom is -0.368 e. The summed E-state index contributed by atoms with van der Waals surface area (Å²) in [5, 5.41) is 3.12. The van der Waals surface area contributed by atoms with Gasteiger partial charge in [0.15, 0.2) is 0 Å². The van der Waals surface area contributed by atoms with Crippen molar-refractivity contribution < 1.29 is 4.39 Å². The molecule has 5 nitrogen and oxygen atoms in total. The Labute approximate surface area is 117 Å². The van der Waals surface area contributed by atoms with Gasteiger partial charge in [0, 0.05) is 6.04 Å². The van der Waals surface area contributed by atoms with Crippen molar-refractivity contribution in [1.82, 2.24) is 15.0 Å². The van der Waals surface area contributed by atoms with Crippen molar-refractivity contribution in [1.29, 1.82) is 0 Å². The first-order chi connectivity index (χ1) is 9.54. The van der Waals surface area contributed by atoms with Crippen molar-refractivity contribution in [3.05, 3.63) is 41.5 Å². The Morgan fingerprint density at radius 2 is 2.15 bits per heavy atom. The van der Waals surface area contributed by atoms with Gasteiger partial charge in [-0.3, -0.25) is 0 Å². The summed E-state index contributed by atoms with van der Waals surface area (Å²) in [6.07, 6.45) is 2.78. The quantitative estimate of drug-likeness (QED) is 0.875. The molecule has 2 rings (SSSR count). The molecule has 0 aliphatic carbocycles. The lowest BCUT2D eigenvalue weighted by molar-refractivity contribution is 0.595. The van der Waals surface area contributed by atoms with Gasteiger partial charge in [-0.05, 0) is 43.9 Å². The zero-order valence-electron chi connectivity index (χ0n) is 11.6. The number of nitrogens with two attached hydrogens (primary N) is 1. The molecule has 20 heavy (non-hydrogen) atoms. The zero-order chi connectivity index (χ0) is 14.5. The van der Waals surface area contributed by atoms with Gasteiger partial charge < -0.3 is 11.1 Å². The minimum atomic E-state index is -0.151. The van der Waals surface area contributed by atoms with Crippen LogP contribution in [0.3, 0.4) is 0 Å².